The summed E-state index contributed by atoms with van der Waals surface area (Å²) in [5.74, 6) is 0.668. The molecule has 0 aliphatic rings. The molecule has 0 radical (unpaired) electrons. The first kappa shape index (κ1) is 39.2. The minimum atomic E-state index is -2.22. The third-order valence-electron chi connectivity index (χ3n) is 3.56. The van der Waals surface area contributed by atoms with Crippen molar-refractivity contribution in [2.24, 2.45) is 5.92 Å². The first-order valence-electron chi connectivity index (χ1n) is 9.68. The Hall–Kier alpha value is 0.748. The predicted octanol–water partition coefficient (Wildman–Crippen LogP) is 9.24. The molecule has 0 spiro atoms. The van der Waals surface area contributed by atoms with Crippen LogP contribution in [0.15, 0.2) is 0 Å². The van der Waals surface area contributed by atoms with Gasteiger partial charge in [-0.3, -0.25) is 0 Å². The maximum atomic E-state index is 6.76. The van der Waals surface area contributed by atoms with Crippen molar-refractivity contribution in [2.75, 3.05) is 0 Å². The van der Waals surface area contributed by atoms with E-state index in [0.717, 1.165) is 6.04 Å². The molecule has 0 saturated heterocycles. The average Bonchev–Trinajstić information content (AvgIpc) is 2.20. The summed E-state index contributed by atoms with van der Waals surface area (Å²) >= 11 is 0. The van der Waals surface area contributed by atoms with Crippen molar-refractivity contribution in [2.45, 2.75) is 134 Å². The van der Waals surface area contributed by atoms with Gasteiger partial charge in [-0.2, -0.15) is 0 Å². The molecule has 3 nitrogen and oxygen atoms in total. The number of hydrogen-bond acceptors (Lipinski definition) is 3. The second-order valence-electron chi connectivity index (χ2n) is 9.87. The molecule has 0 aliphatic heterocycles. The first-order chi connectivity index (χ1) is 10.6. The topological polar surface area (TPSA) is 27.7 Å². The summed E-state index contributed by atoms with van der Waals surface area (Å²) in [4.78, 5) is 0. The summed E-state index contributed by atoms with van der Waals surface area (Å²) < 4.78 is 19.9. The fourth-order valence-corrected chi connectivity index (χ4v) is 22.0. The van der Waals surface area contributed by atoms with Gasteiger partial charge in [-0.25, -0.2) is 0 Å². The van der Waals surface area contributed by atoms with Gasteiger partial charge >= 0.3 is 17.1 Å². The Morgan fingerprint density at radius 2 is 1.07 bits per heavy atom. The van der Waals surface area contributed by atoms with Crippen LogP contribution < -0.4 is 0 Å². The van der Waals surface area contributed by atoms with Crippen molar-refractivity contribution in [1.82, 2.24) is 0 Å². The van der Waals surface area contributed by atoms with Gasteiger partial charge in [-0.05, 0) is 70.9 Å². The van der Waals surface area contributed by atoms with Crippen LogP contribution in [-0.2, 0) is 12.3 Å². The quantitative estimate of drug-likeness (QED) is 0.209. The number of unbranched alkanes of at least 4 members (excludes halogenated alkanes) is 2. The Morgan fingerprint density at radius 1 is 0.643 bits per heavy atom. The SMILES string of the molecule is C.C.C.C.CCCCCC(C)C[Si](C)(O[Si](C)(C)C)O[Si](C)(C)O[Si](C)(C)C. The molecule has 0 aromatic heterocycles. The highest BCUT2D eigenvalue weighted by molar-refractivity contribution is 6.89. The van der Waals surface area contributed by atoms with Crippen LogP contribution in [0.1, 0.15) is 69.2 Å². The van der Waals surface area contributed by atoms with Gasteiger partial charge in [0.2, 0.25) is 0 Å². The maximum absolute atomic E-state index is 6.76. The second-order valence-corrected chi connectivity index (χ2v) is 26.2. The molecule has 0 heterocycles. The Bertz CT molecular complexity index is 366. The van der Waals surface area contributed by atoms with E-state index in [1.54, 1.807) is 0 Å². The Kier molecular flexibility index (Phi) is 21.8. The molecule has 0 rings (SSSR count). The average molecular weight is 473 g/mol. The highest BCUT2D eigenvalue weighted by atomic mass is 28.5. The summed E-state index contributed by atoms with van der Waals surface area (Å²) in [6.07, 6.45) is 5.22. The van der Waals surface area contributed by atoms with E-state index in [4.69, 9.17) is 12.3 Å². The van der Waals surface area contributed by atoms with Gasteiger partial charge < -0.3 is 12.3 Å². The van der Waals surface area contributed by atoms with Crippen LogP contribution in [0.5, 0.6) is 0 Å². The lowest BCUT2D eigenvalue weighted by Crippen LogP contribution is -2.57. The molecular formula is C21H60O3Si4. The van der Waals surface area contributed by atoms with Crippen LogP contribution in [0.25, 0.3) is 0 Å². The lowest BCUT2D eigenvalue weighted by atomic mass is 10.1. The van der Waals surface area contributed by atoms with Crippen LogP contribution in [-0.4, -0.2) is 33.8 Å². The molecular weight excluding hydrogens is 413 g/mol. The predicted molar refractivity (Wildman–Crippen MR) is 144 cm³/mol. The van der Waals surface area contributed by atoms with Gasteiger partial charge in [0.1, 0.15) is 0 Å². The fraction of sp³-hybridized carbons (Fsp3) is 1.00. The van der Waals surface area contributed by atoms with Crippen molar-refractivity contribution in [3.63, 3.8) is 0 Å². The van der Waals surface area contributed by atoms with Crippen LogP contribution in [0.3, 0.4) is 0 Å². The first-order valence-corrected chi connectivity index (χ1v) is 21.8. The van der Waals surface area contributed by atoms with Crippen LogP contribution in [0, 0.1) is 5.92 Å². The van der Waals surface area contributed by atoms with Crippen molar-refractivity contribution >= 4 is 33.8 Å². The van der Waals surface area contributed by atoms with E-state index >= 15 is 0 Å². The Labute approximate surface area is 186 Å². The van der Waals surface area contributed by atoms with Crippen molar-refractivity contribution in [1.29, 1.82) is 0 Å². The third-order valence-corrected chi connectivity index (χ3v) is 17.3. The van der Waals surface area contributed by atoms with Gasteiger partial charge in [-0.1, -0.05) is 69.2 Å². The Balaban J connectivity index is -0.000000441. The molecule has 178 valence electrons. The molecule has 0 aromatic carbocycles. The van der Waals surface area contributed by atoms with Crippen LogP contribution in [0.2, 0.25) is 65.0 Å². The zero-order chi connectivity index (χ0) is 19.2. The molecule has 7 heteroatoms. The molecule has 2 atom stereocenters. The molecule has 0 N–H and O–H groups in total. The lowest BCUT2D eigenvalue weighted by molar-refractivity contribution is 0.313. The van der Waals surface area contributed by atoms with E-state index in [-0.39, 0.29) is 29.7 Å². The molecule has 0 bridgehead atoms. The van der Waals surface area contributed by atoms with Crippen molar-refractivity contribution < 1.29 is 12.3 Å². The van der Waals surface area contributed by atoms with Gasteiger partial charge in [-0.15, -0.1) is 0 Å². The molecule has 0 fully saturated rings. The Morgan fingerprint density at radius 3 is 1.43 bits per heavy atom. The van der Waals surface area contributed by atoms with E-state index in [1.807, 2.05) is 0 Å². The highest BCUT2D eigenvalue weighted by Gasteiger charge is 2.45. The van der Waals surface area contributed by atoms with E-state index in [1.165, 1.54) is 25.7 Å². The standard InChI is InChI=1S/C17H44O3Si4.4CH4/c1-12-13-14-15-17(2)16-24(11,19-22(6,7)8)20-23(9,10)18-21(3,4)5;;;;/h17H,12-16H2,1-11H3;4*1H4. The largest absolute Gasteiger partial charge is 0.437 e. The summed E-state index contributed by atoms with van der Waals surface area (Å²) in [6, 6.07) is 1.09. The zero-order valence-corrected chi connectivity index (χ0v) is 22.3. The molecule has 28 heavy (non-hydrogen) atoms. The van der Waals surface area contributed by atoms with Crippen molar-refractivity contribution in [3.8, 4) is 0 Å². The van der Waals surface area contributed by atoms with E-state index in [0.29, 0.717) is 5.92 Å². The van der Waals surface area contributed by atoms with Gasteiger partial charge in [0.15, 0.2) is 16.6 Å². The summed E-state index contributed by atoms with van der Waals surface area (Å²) in [5, 5.41) is 0. The molecule has 0 aliphatic carbocycles. The highest BCUT2D eigenvalue weighted by Crippen LogP contribution is 2.30. The minimum absolute atomic E-state index is 0. The third kappa shape index (κ3) is 21.5. The number of hydrogen-bond donors (Lipinski definition) is 0. The fourth-order valence-electron chi connectivity index (χ4n) is 3.51. The van der Waals surface area contributed by atoms with Gasteiger partial charge in [0.05, 0.1) is 0 Å². The molecule has 2 unspecified atom stereocenters. The molecule has 0 amide bonds. The van der Waals surface area contributed by atoms with E-state index in [2.05, 4.69) is 72.8 Å². The van der Waals surface area contributed by atoms with E-state index < -0.39 is 33.8 Å². The minimum Gasteiger partial charge on any atom is -0.437 e. The van der Waals surface area contributed by atoms with E-state index in [9.17, 15) is 0 Å². The van der Waals surface area contributed by atoms with Gasteiger partial charge in [0.25, 0.3) is 0 Å². The molecule has 0 saturated carbocycles. The zero-order valence-electron chi connectivity index (χ0n) is 18.3. The summed E-state index contributed by atoms with van der Waals surface area (Å²) in [6.45, 7) is 24.9. The van der Waals surface area contributed by atoms with Gasteiger partial charge in [0, 0.05) is 0 Å². The summed E-state index contributed by atoms with van der Waals surface area (Å²) in [7, 11) is -7.62. The lowest BCUT2D eigenvalue weighted by Gasteiger charge is -2.42. The van der Waals surface area contributed by atoms with Crippen molar-refractivity contribution in [3.05, 3.63) is 0 Å². The smallest absolute Gasteiger partial charge is 0.316 e. The maximum Gasteiger partial charge on any atom is 0.316 e. The monoisotopic (exact) mass is 472 g/mol. The summed E-state index contributed by atoms with van der Waals surface area (Å²) in [5.41, 5.74) is 0. The second kappa shape index (κ2) is 15.5. The normalized spacial score (nSPS) is 15.1. The molecule has 0 aromatic rings. The van der Waals surface area contributed by atoms with Crippen LogP contribution in [0.4, 0.5) is 0 Å². The van der Waals surface area contributed by atoms with Crippen LogP contribution >= 0.6 is 0 Å². The number of rotatable bonds is 12.